The van der Waals surface area contributed by atoms with Gasteiger partial charge >= 0.3 is 0 Å². The molecule has 1 aliphatic heterocycles. The molecule has 0 radical (unpaired) electrons. The van der Waals surface area contributed by atoms with Crippen molar-refractivity contribution < 1.29 is 9.59 Å². The Bertz CT molecular complexity index is 1250. The molecule has 0 unspecified atom stereocenters. The number of nitrogens with zero attached hydrogens (tertiary/aromatic N) is 3. The Kier molecular flexibility index (Phi) is 4.41. The van der Waals surface area contributed by atoms with E-state index in [4.69, 9.17) is 0 Å². The SMILES string of the molecule is O=C1C(=O)N(Cc2ccccc2-c2cccnc2)c2ccc(-c3cccnc3)cc21. The summed E-state index contributed by atoms with van der Waals surface area (Å²) in [5.41, 5.74) is 5.75. The van der Waals surface area contributed by atoms with Crippen LogP contribution in [0.3, 0.4) is 0 Å². The van der Waals surface area contributed by atoms with Gasteiger partial charge in [-0.1, -0.05) is 42.5 Å². The lowest BCUT2D eigenvalue weighted by atomic mass is 10.0. The number of ketones is 1. The van der Waals surface area contributed by atoms with Crippen molar-refractivity contribution in [2.24, 2.45) is 0 Å². The lowest BCUT2D eigenvalue weighted by molar-refractivity contribution is -0.114. The molecule has 4 aromatic rings. The molecule has 0 aliphatic carbocycles. The van der Waals surface area contributed by atoms with Crippen LogP contribution in [0.15, 0.2) is 91.5 Å². The Hall–Kier alpha value is -4.12. The molecule has 0 saturated heterocycles. The number of Topliss-reactive ketones (excluding diaryl/α,β-unsaturated/α-hetero) is 1. The molecule has 0 atom stereocenters. The van der Waals surface area contributed by atoms with E-state index >= 15 is 0 Å². The molecular formula is C25H17N3O2. The molecule has 144 valence electrons. The second-order valence-electron chi connectivity index (χ2n) is 7.09. The number of amides is 1. The van der Waals surface area contributed by atoms with Crippen LogP contribution in [0, 0.1) is 0 Å². The average Bonchev–Trinajstić information content (AvgIpc) is 3.05. The molecule has 5 heteroatoms. The number of fused-ring (bicyclic) bond motifs is 1. The number of rotatable bonds is 4. The number of pyridine rings is 2. The predicted molar refractivity (Wildman–Crippen MR) is 115 cm³/mol. The third-order valence-electron chi connectivity index (χ3n) is 5.28. The molecule has 2 aromatic carbocycles. The van der Waals surface area contributed by atoms with Gasteiger partial charge < -0.3 is 4.90 Å². The summed E-state index contributed by atoms with van der Waals surface area (Å²) in [5.74, 6) is -0.982. The van der Waals surface area contributed by atoms with E-state index in [2.05, 4.69) is 9.97 Å². The molecule has 0 N–H and O–H groups in total. The average molecular weight is 391 g/mol. The largest absolute Gasteiger partial charge is 0.300 e. The van der Waals surface area contributed by atoms with Crippen molar-refractivity contribution in [1.29, 1.82) is 0 Å². The normalized spacial score (nSPS) is 12.9. The maximum absolute atomic E-state index is 12.8. The monoisotopic (exact) mass is 391 g/mol. The minimum absolute atomic E-state index is 0.314. The second kappa shape index (κ2) is 7.37. The van der Waals surface area contributed by atoms with Gasteiger partial charge in [0.1, 0.15) is 0 Å². The van der Waals surface area contributed by atoms with Crippen LogP contribution >= 0.6 is 0 Å². The predicted octanol–water partition coefficient (Wildman–Crippen LogP) is 4.54. The Balaban J connectivity index is 1.53. The summed E-state index contributed by atoms with van der Waals surface area (Å²) >= 11 is 0. The van der Waals surface area contributed by atoms with Crippen molar-refractivity contribution in [3.63, 3.8) is 0 Å². The van der Waals surface area contributed by atoms with Crippen molar-refractivity contribution in [1.82, 2.24) is 9.97 Å². The first-order valence-corrected chi connectivity index (χ1v) is 9.61. The lowest BCUT2D eigenvalue weighted by Crippen LogP contribution is -2.29. The van der Waals surface area contributed by atoms with Crippen LogP contribution in [0.5, 0.6) is 0 Å². The molecule has 5 nitrogen and oxygen atoms in total. The molecule has 2 aromatic heterocycles. The summed E-state index contributed by atoms with van der Waals surface area (Å²) in [7, 11) is 0. The molecule has 0 fully saturated rings. The Labute approximate surface area is 173 Å². The van der Waals surface area contributed by atoms with Gasteiger partial charge in [-0.15, -0.1) is 0 Å². The summed E-state index contributed by atoms with van der Waals surface area (Å²) in [6.45, 7) is 0.314. The fraction of sp³-hybridized carbons (Fsp3) is 0.0400. The molecule has 1 amide bonds. The number of aromatic nitrogens is 2. The summed E-state index contributed by atoms with van der Waals surface area (Å²) in [5, 5.41) is 0. The van der Waals surface area contributed by atoms with Gasteiger partial charge in [0.15, 0.2) is 0 Å². The van der Waals surface area contributed by atoms with E-state index in [1.54, 1.807) is 35.8 Å². The first kappa shape index (κ1) is 17.9. The van der Waals surface area contributed by atoms with Crippen molar-refractivity contribution >= 4 is 17.4 Å². The molecule has 3 heterocycles. The number of hydrogen-bond donors (Lipinski definition) is 0. The Morgan fingerprint density at radius 3 is 2.17 bits per heavy atom. The third-order valence-corrected chi connectivity index (χ3v) is 5.28. The first-order chi connectivity index (χ1) is 14.7. The summed E-state index contributed by atoms with van der Waals surface area (Å²) < 4.78 is 0. The van der Waals surface area contributed by atoms with Gasteiger partial charge in [0.05, 0.1) is 17.8 Å². The van der Waals surface area contributed by atoms with Crippen LogP contribution in [0.25, 0.3) is 22.3 Å². The smallest absolute Gasteiger partial charge is 0.299 e. The molecule has 30 heavy (non-hydrogen) atoms. The minimum atomic E-state index is -0.505. The fourth-order valence-corrected chi connectivity index (χ4v) is 3.80. The summed E-state index contributed by atoms with van der Waals surface area (Å²) in [6, 6.07) is 21.0. The van der Waals surface area contributed by atoms with Gasteiger partial charge in [0.25, 0.3) is 11.7 Å². The van der Waals surface area contributed by atoms with Crippen LogP contribution in [0.2, 0.25) is 0 Å². The number of carbonyl (C=O) groups excluding carboxylic acids is 2. The zero-order chi connectivity index (χ0) is 20.5. The molecule has 0 bridgehead atoms. The zero-order valence-corrected chi connectivity index (χ0v) is 16.0. The van der Waals surface area contributed by atoms with Crippen LogP contribution in [-0.2, 0) is 11.3 Å². The Morgan fingerprint density at radius 2 is 1.43 bits per heavy atom. The van der Waals surface area contributed by atoms with Gasteiger partial charge in [-0.3, -0.25) is 19.6 Å². The maximum atomic E-state index is 12.8. The molecule has 1 aliphatic rings. The summed E-state index contributed by atoms with van der Waals surface area (Å²) in [6.07, 6.45) is 6.96. The number of anilines is 1. The zero-order valence-electron chi connectivity index (χ0n) is 16.0. The van der Waals surface area contributed by atoms with Crippen molar-refractivity contribution in [3.05, 3.63) is 103 Å². The highest BCUT2D eigenvalue weighted by molar-refractivity contribution is 6.52. The number of hydrogen-bond acceptors (Lipinski definition) is 4. The number of benzene rings is 2. The van der Waals surface area contributed by atoms with Gasteiger partial charge in [-0.05, 0) is 41.0 Å². The first-order valence-electron chi connectivity index (χ1n) is 9.61. The lowest BCUT2D eigenvalue weighted by Gasteiger charge is -2.19. The van der Waals surface area contributed by atoms with Crippen LogP contribution in [-0.4, -0.2) is 21.7 Å². The van der Waals surface area contributed by atoms with Gasteiger partial charge in [-0.2, -0.15) is 0 Å². The van der Waals surface area contributed by atoms with Crippen LogP contribution < -0.4 is 4.90 Å². The highest BCUT2D eigenvalue weighted by Crippen LogP contribution is 2.35. The topological polar surface area (TPSA) is 63.2 Å². The standard InChI is InChI=1S/C25H17N3O2/c29-24-22-13-17(18-6-3-11-26-14-18)9-10-23(22)28(25(24)30)16-20-5-1-2-8-21(20)19-7-4-12-27-15-19/h1-15H,16H2. The molecule has 0 spiro atoms. The Morgan fingerprint density at radius 1 is 0.700 bits per heavy atom. The quantitative estimate of drug-likeness (QED) is 0.479. The third kappa shape index (κ3) is 3.06. The summed E-state index contributed by atoms with van der Waals surface area (Å²) in [4.78, 5) is 35.4. The van der Waals surface area contributed by atoms with E-state index in [1.165, 1.54) is 0 Å². The molecule has 0 saturated carbocycles. The molecule has 5 rings (SSSR count). The minimum Gasteiger partial charge on any atom is -0.300 e. The van der Waals surface area contributed by atoms with Gasteiger partial charge in [0.2, 0.25) is 0 Å². The van der Waals surface area contributed by atoms with E-state index in [0.29, 0.717) is 17.8 Å². The van der Waals surface area contributed by atoms with Crippen molar-refractivity contribution in [2.45, 2.75) is 6.54 Å². The highest BCUT2D eigenvalue weighted by atomic mass is 16.2. The van der Waals surface area contributed by atoms with E-state index < -0.39 is 11.7 Å². The van der Waals surface area contributed by atoms with Gasteiger partial charge in [-0.25, -0.2) is 0 Å². The van der Waals surface area contributed by atoms with Crippen LogP contribution in [0.4, 0.5) is 5.69 Å². The van der Waals surface area contributed by atoms with Crippen molar-refractivity contribution in [3.8, 4) is 22.3 Å². The van der Waals surface area contributed by atoms with E-state index in [0.717, 1.165) is 27.8 Å². The second-order valence-corrected chi connectivity index (χ2v) is 7.09. The maximum Gasteiger partial charge on any atom is 0.299 e. The molecular weight excluding hydrogens is 374 g/mol. The van der Waals surface area contributed by atoms with E-state index in [1.807, 2.05) is 60.7 Å². The van der Waals surface area contributed by atoms with E-state index in [-0.39, 0.29) is 0 Å². The van der Waals surface area contributed by atoms with Gasteiger partial charge in [0, 0.05) is 35.9 Å². The number of carbonyl (C=O) groups is 2. The van der Waals surface area contributed by atoms with Crippen LogP contribution in [0.1, 0.15) is 15.9 Å². The highest BCUT2D eigenvalue weighted by Gasteiger charge is 2.36. The van der Waals surface area contributed by atoms with Crippen molar-refractivity contribution in [2.75, 3.05) is 4.90 Å². The van der Waals surface area contributed by atoms with E-state index in [9.17, 15) is 9.59 Å². The fourth-order valence-electron chi connectivity index (χ4n) is 3.80.